The third-order valence-corrected chi connectivity index (χ3v) is 3.19. The third-order valence-electron chi connectivity index (χ3n) is 2.69. The molecule has 0 aliphatic rings. The summed E-state index contributed by atoms with van der Waals surface area (Å²) in [5.74, 6) is -1.76. The second kappa shape index (κ2) is 5.40. The first-order valence-electron chi connectivity index (χ1n) is 5.54. The maximum Gasteiger partial charge on any atom is 0.337 e. The van der Waals surface area contributed by atoms with Crippen LogP contribution in [0.2, 0.25) is 0 Å². The number of aryl methyl sites for hydroxylation is 1. The number of para-hydroxylation sites is 1. The minimum absolute atomic E-state index is 0.0274. The number of nitrogens with one attached hydrogen (secondary N) is 1. The van der Waals surface area contributed by atoms with Crippen molar-refractivity contribution in [3.05, 3.63) is 57.8 Å². The molecule has 2 rings (SSSR count). The van der Waals surface area contributed by atoms with E-state index >= 15 is 0 Å². The second-order valence-corrected chi connectivity index (χ2v) is 4.97. The number of benzene rings is 2. The SMILES string of the molecule is Cc1cc(Br)ccc1Nc1c(F)cccc1C(=O)O. The fourth-order valence-corrected chi connectivity index (χ4v) is 2.21. The lowest BCUT2D eigenvalue weighted by Gasteiger charge is -2.13. The van der Waals surface area contributed by atoms with Gasteiger partial charge in [0.2, 0.25) is 0 Å². The van der Waals surface area contributed by atoms with Gasteiger partial charge in [0.05, 0.1) is 11.3 Å². The van der Waals surface area contributed by atoms with Crippen LogP contribution in [-0.2, 0) is 0 Å². The van der Waals surface area contributed by atoms with E-state index in [0.717, 1.165) is 10.0 Å². The van der Waals surface area contributed by atoms with Crippen LogP contribution in [0.1, 0.15) is 15.9 Å². The molecule has 5 heteroatoms. The third kappa shape index (κ3) is 2.93. The molecule has 0 unspecified atom stereocenters. The molecule has 0 radical (unpaired) electrons. The number of rotatable bonds is 3. The van der Waals surface area contributed by atoms with Gasteiger partial charge in [-0.1, -0.05) is 22.0 Å². The number of hydrogen-bond acceptors (Lipinski definition) is 2. The average Bonchev–Trinajstić information content (AvgIpc) is 2.34. The maximum absolute atomic E-state index is 13.8. The normalized spacial score (nSPS) is 10.3. The van der Waals surface area contributed by atoms with E-state index in [4.69, 9.17) is 5.11 Å². The molecule has 0 fully saturated rings. The van der Waals surface area contributed by atoms with Crippen LogP contribution < -0.4 is 5.32 Å². The van der Waals surface area contributed by atoms with Crippen molar-refractivity contribution in [1.82, 2.24) is 0 Å². The van der Waals surface area contributed by atoms with E-state index in [1.807, 2.05) is 13.0 Å². The maximum atomic E-state index is 13.8. The molecule has 2 aromatic rings. The number of hydrogen-bond donors (Lipinski definition) is 2. The molecule has 3 nitrogen and oxygen atoms in total. The molecule has 0 bridgehead atoms. The fourth-order valence-electron chi connectivity index (χ4n) is 1.73. The van der Waals surface area contributed by atoms with E-state index in [0.29, 0.717) is 5.69 Å². The Labute approximate surface area is 118 Å². The Kier molecular flexibility index (Phi) is 3.85. The van der Waals surface area contributed by atoms with Gasteiger partial charge in [0.25, 0.3) is 0 Å². The number of halogens is 2. The molecule has 0 aliphatic carbocycles. The lowest BCUT2D eigenvalue weighted by atomic mass is 10.1. The number of carboxylic acids is 1. The molecule has 0 heterocycles. The van der Waals surface area contributed by atoms with Crippen molar-refractivity contribution < 1.29 is 14.3 Å². The monoisotopic (exact) mass is 323 g/mol. The van der Waals surface area contributed by atoms with Gasteiger partial charge in [0, 0.05) is 10.2 Å². The zero-order chi connectivity index (χ0) is 14.0. The Morgan fingerprint density at radius 1 is 1.32 bits per heavy atom. The standard InChI is InChI=1S/C14H11BrFNO2/c1-8-7-9(15)5-6-12(8)17-13-10(14(18)19)3-2-4-11(13)16/h2-7,17H,1H3,(H,18,19). The summed E-state index contributed by atoms with van der Waals surface area (Å²) in [5.41, 5.74) is 1.42. The highest BCUT2D eigenvalue weighted by molar-refractivity contribution is 9.10. The average molecular weight is 324 g/mol. The van der Waals surface area contributed by atoms with Crippen molar-refractivity contribution in [2.45, 2.75) is 6.92 Å². The molecule has 0 saturated heterocycles. The highest BCUT2D eigenvalue weighted by Gasteiger charge is 2.14. The Morgan fingerprint density at radius 3 is 2.68 bits per heavy atom. The zero-order valence-electron chi connectivity index (χ0n) is 10.1. The van der Waals surface area contributed by atoms with Crippen molar-refractivity contribution in [3.63, 3.8) is 0 Å². The predicted molar refractivity (Wildman–Crippen MR) is 75.5 cm³/mol. The summed E-state index contributed by atoms with van der Waals surface area (Å²) in [5, 5.41) is 11.9. The van der Waals surface area contributed by atoms with E-state index in [1.54, 1.807) is 12.1 Å². The van der Waals surface area contributed by atoms with Crippen LogP contribution in [0.3, 0.4) is 0 Å². The number of aromatic carboxylic acids is 1. The van der Waals surface area contributed by atoms with Crippen molar-refractivity contribution in [1.29, 1.82) is 0 Å². The van der Waals surface area contributed by atoms with Gasteiger partial charge in [-0.25, -0.2) is 9.18 Å². The summed E-state index contributed by atoms with van der Waals surface area (Å²) in [6.07, 6.45) is 0. The van der Waals surface area contributed by atoms with Gasteiger partial charge in [-0.2, -0.15) is 0 Å². The van der Waals surface area contributed by atoms with E-state index < -0.39 is 11.8 Å². The number of carbonyl (C=O) groups is 1. The summed E-state index contributed by atoms with van der Waals surface area (Å²) in [4.78, 5) is 11.1. The minimum atomic E-state index is -1.17. The van der Waals surface area contributed by atoms with Gasteiger partial charge in [-0.15, -0.1) is 0 Å². The molecule has 0 saturated carbocycles. The summed E-state index contributed by atoms with van der Waals surface area (Å²) < 4.78 is 14.7. The molecular weight excluding hydrogens is 313 g/mol. The van der Waals surface area contributed by atoms with Crippen LogP contribution in [0.15, 0.2) is 40.9 Å². The lowest BCUT2D eigenvalue weighted by molar-refractivity contribution is 0.0697. The van der Waals surface area contributed by atoms with Gasteiger partial charge >= 0.3 is 5.97 Å². The molecule has 0 spiro atoms. The highest BCUT2D eigenvalue weighted by atomic mass is 79.9. The van der Waals surface area contributed by atoms with Gasteiger partial charge in [0.15, 0.2) is 0 Å². The lowest BCUT2D eigenvalue weighted by Crippen LogP contribution is -2.05. The molecule has 98 valence electrons. The fraction of sp³-hybridized carbons (Fsp3) is 0.0714. The van der Waals surface area contributed by atoms with Crippen LogP contribution >= 0.6 is 15.9 Å². The topological polar surface area (TPSA) is 49.3 Å². The first kappa shape index (κ1) is 13.5. The molecule has 0 amide bonds. The Balaban J connectivity index is 2.46. The van der Waals surface area contributed by atoms with Crippen LogP contribution in [-0.4, -0.2) is 11.1 Å². The smallest absolute Gasteiger partial charge is 0.337 e. The van der Waals surface area contributed by atoms with Gasteiger partial charge in [-0.05, 0) is 42.8 Å². The van der Waals surface area contributed by atoms with Gasteiger partial charge in [0.1, 0.15) is 5.82 Å². The van der Waals surface area contributed by atoms with E-state index in [2.05, 4.69) is 21.2 Å². The summed E-state index contributed by atoms with van der Waals surface area (Å²) in [6.45, 7) is 1.86. The van der Waals surface area contributed by atoms with Crippen LogP contribution in [0.4, 0.5) is 15.8 Å². The second-order valence-electron chi connectivity index (χ2n) is 4.05. The first-order valence-corrected chi connectivity index (χ1v) is 6.33. The summed E-state index contributed by atoms with van der Waals surface area (Å²) >= 11 is 3.34. The van der Waals surface area contributed by atoms with Crippen molar-refractivity contribution in [3.8, 4) is 0 Å². The molecule has 2 N–H and O–H groups in total. The summed E-state index contributed by atoms with van der Waals surface area (Å²) in [6, 6.07) is 9.39. The van der Waals surface area contributed by atoms with Crippen LogP contribution in [0, 0.1) is 12.7 Å². The number of anilines is 2. The first-order chi connectivity index (χ1) is 8.99. The van der Waals surface area contributed by atoms with E-state index in [9.17, 15) is 9.18 Å². The van der Waals surface area contributed by atoms with Crippen molar-refractivity contribution in [2.75, 3.05) is 5.32 Å². The highest BCUT2D eigenvalue weighted by Crippen LogP contribution is 2.27. The van der Waals surface area contributed by atoms with E-state index in [-0.39, 0.29) is 11.3 Å². The van der Waals surface area contributed by atoms with E-state index in [1.165, 1.54) is 18.2 Å². The molecule has 0 atom stereocenters. The van der Waals surface area contributed by atoms with Gasteiger partial charge < -0.3 is 10.4 Å². The molecule has 2 aromatic carbocycles. The molecular formula is C14H11BrFNO2. The van der Waals surface area contributed by atoms with Crippen molar-refractivity contribution in [2.24, 2.45) is 0 Å². The quantitative estimate of drug-likeness (QED) is 0.883. The summed E-state index contributed by atoms with van der Waals surface area (Å²) in [7, 11) is 0. The Bertz CT molecular complexity index is 643. The zero-order valence-corrected chi connectivity index (χ0v) is 11.7. The van der Waals surface area contributed by atoms with Crippen molar-refractivity contribution >= 4 is 33.3 Å². The number of carboxylic acid groups (broad SMARTS) is 1. The largest absolute Gasteiger partial charge is 0.478 e. The van der Waals surface area contributed by atoms with Crippen LogP contribution in [0.25, 0.3) is 0 Å². The minimum Gasteiger partial charge on any atom is -0.478 e. The Hall–Kier alpha value is -1.88. The molecule has 0 aromatic heterocycles. The van der Waals surface area contributed by atoms with Crippen LogP contribution in [0.5, 0.6) is 0 Å². The molecule has 0 aliphatic heterocycles. The predicted octanol–water partition coefficient (Wildman–Crippen LogP) is 4.34. The van der Waals surface area contributed by atoms with Gasteiger partial charge in [-0.3, -0.25) is 0 Å². The molecule has 19 heavy (non-hydrogen) atoms. The Morgan fingerprint density at radius 2 is 2.05 bits per heavy atom.